The number of anilines is 2. The smallest absolute Gasteiger partial charge is 0.241 e. The van der Waals surface area contributed by atoms with Gasteiger partial charge in [0, 0.05) is 42.5 Å². The highest BCUT2D eigenvalue weighted by molar-refractivity contribution is 5.96. The molecule has 1 saturated heterocycles. The van der Waals surface area contributed by atoms with Crippen LogP contribution in [0.4, 0.5) is 15.8 Å². The lowest BCUT2D eigenvalue weighted by Crippen LogP contribution is -2.64. The van der Waals surface area contributed by atoms with Crippen molar-refractivity contribution in [3.8, 4) is 0 Å². The van der Waals surface area contributed by atoms with E-state index in [1.807, 2.05) is 39.5 Å². The van der Waals surface area contributed by atoms with Crippen molar-refractivity contribution in [2.75, 3.05) is 29.9 Å². The van der Waals surface area contributed by atoms with E-state index in [0.717, 1.165) is 5.56 Å². The number of carbonyl (C=O) groups is 2. The molecule has 2 amide bonds. The van der Waals surface area contributed by atoms with Crippen LogP contribution in [0.5, 0.6) is 0 Å². The molecule has 8 nitrogen and oxygen atoms in total. The standard InChI is InChI=1S/C27H38FN5O3/c1-17(2)21(26(36)31-20-7-6-10-30-13-20)12-24(34)22(29)14-32-15-25(35)33(16-27(32,4)5)23-11-19(28)9-8-18(23)3/h6-11,13,17,21-22,24,34H,12,14-16,29H2,1-5H3,(H,31,36)/t21-,22-,24-/m0/s1. The summed E-state index contributed by atoms with van der Waals surface area (Å²) in [6, 6.07) is 7.27. The molecule has 3 atom stereocenters. The third kappa shape index (κ3) is 6.66. The molecule has 2 aromatic rings. The van der Waals surface area contributed by atoms with Gasteiger partial charge in [0.05, 0.1) is 24.5 Å². The van der Waals surface area contributed by atoms with Crippen LogP contribution in [-0.4, -0.2) is 64.1 Å². The molecular weight excluding hydrogens is 461 g/mol. The van der Waals surface area contributed by atoms with Crippen LogP contribution >= 0.6 is 0 Å². The molecule has 1 aromatic heterocycles. The Labute approximate surface area is 212 Å². The molecule has 0 aliphatic carbocycles. The maximum absolute atomic E-state index is 13.9. The molecule has 3 rings (SSSR count). The van der Waals surface area contributed by atoms with Crippen molar-refractivity contribution in [3.63, 3.8) is 0 Å². The molecule has 0 bridgehead atoms. The molecule has 0 unspecified atom stereocenters. The summed E-state index contributed by atoms with van der Waals surface area (Å²) in [5.74, 6) is -1.20. The van der Waals surface area contributed by atoms with Crippen LogP contribution < -0.4 is 16.0 Å². The van der Waals surface area contributed by atoms with Crippen LogP contribution in [0.25, 0.3) is 0 Å². The topological polar surface area (TPSA) is 112 Å². The zero-order valence-electron chi connectivity index (χ0n) is 21.7. The van der Waals surface area contributed by atoms with E-state index in [4.69, 9.17) is 5.73 Å². The maximum Gasteiger partial charge on any atom is 0.241 e. The van der Waals surface area contributed by atoms with Crippen LogP contribution in [-0.2, 0) is 9.59 Å². The minimum atomic E-state index is -0.938. The monoisotopic (exact) mass is 499 g/mol. The minimum absolute atomic E-state index is 0.0143. The predicted octanol–water partition coefficient (Wildman–Crippen LogP) is 2.95. The quantitative estimate of drug-likeness (QED) is 0.489. The van der Waals surface area contributed by atoms with Crippen LogP contribution in [0.15, 0.2) is 42.7 Å². The predicted molar refractivity (Wildman–Crippen MR) is 139 cm³/mol. The number of aryl methyl sites for hydroxylation is 1. The molecule has 0 radical (unpaired) electrons. The Kier molecular flexibility index (Phi) is 8.81. The van der Waals surface area contributed by atoms with E-state index >= 15 is 0 Å². The van der Waals surface area contributed by atoms with E-state index in [9.17, 15) is 19.1 Å². The van der Waals surface area contributed by atoms with Gasteiger partial charge in [0.25, 0.3) is 0 Å². The van der Waals surface area contributed by atoms with E-state index in [-0.39, 0.29) is 43.1 Å². The number of carbonyl (C=O) groups excluding carboxylic acids is 2. The number of aromatic nitrogens is 1. The number of hydrogen-bond donors (Lipinski definition) is 3. The minimum Gasteiger partial charge on any atom is -0.391 e. The Morgan fingerprint density at radius 3 is 2.67 bits per heavy atom. The van der Waals surface area contributed by atoms with Crippen LogP contribution in [0.1, 0.15) is 39.7 Å². The summed E-state index contributed by atoms with van der Waals surface area (Å²) in [5, 5.41) is 13.8. The third-order valence-electron chi connectivity index (χ3n) is 6.98. The van der Waals surface area contributed by atoms with Crippen molar-refractivity contribution in [3.05, 3.63) is 54.1 Å². The van der Waals surface area contributed by atoms with Crippen molar-refractivity contribution < 1.29 is 19.1 Å². The SMILES string of the molecule is Cc1ccc(F)cc1N1CC(C)(C)N(C[C@H](N)[C@@H](O)C[C@H](C(=O)Nc2cccnc2)C(C)C)CC1=O. The second-order valence-electron chi connectivity index (χ2n) is 10.7. The average molecular weight is 500 g/mol. The van der Waals surface area contributed by atoms with Gasteiger partial charge in [-0.2, -0.15) is 0 Å². The molecule has 9 heteroatoms. The molecule has 0 spiro atoms. The third-order valence-corrected chi connectivity index (χ3v) is 6.98. The number of nitrogens with zero attached hydrogens (tertiary/aromatic N) is 3. The Balaban J connectivity index is 1.65. The number of halogens is 1. The summed E-state index contributed by atoms with van der Waals surface area (Å²) in [6.45, 7) is 10.5. The highest BCUT2D eigenvalue weighted by Crippen LogP contribution is 2.30. The molecule has 4 N–H and O–H groups in total. The number of piperazine rings is 1. The van der Waals surface area contributed by atoms with E-state index in [0.29, 0.717) is 17.9 Å². The highest BCUT2D eigenvalue weighted by atomic mass is 19.1. The van der Waals surface area contributed by atoms with E-state index in [1.165, 1.54) is 12.1 Å². The number of aliphatic hydroxyl groups excluding tert-OH is 1. The van der Waals surface area contributed by atoms with Gasteiger partial charge in [-0.1, -0.05) is 19.9 Å². The van der Waals surface area contributed by atoms with Gasteiger partial charge >= 0.3 is 0 Å². The van der Waals surface area contributed by atoms with Gasteiger partial charge < -0.3 is 21.1 Å². The molecule has 1 aliphatic rings. The van der Waals surface area contributed by atoms with Gasteiger partial charge in [0.15, 0.2) is 0 Å². The first kappa shape index (κ1) is 27.7. The largest absolute Gasteiger partial charge is 0.391 e. The molecule has 0 saturated carbocycles. The lowest BCUT2D eigenvalue weighted by Gasteiger charge is -2.48. The van der Waals surface area contributed by atoms with E-state index in [2.05, 4.69) is 10.3 Å². The van der Waals surface area contributed by atoms with Crippen molar-refractivity contribution >= 4 is 23.2 Å². The number of nitrogens with two attached hydrogens (primary N) is 1. The first-order valence-electron chi connectivity index (χ1n) is 12.3. The van der Waals surface area contributed by atoms with Gasteiger partial charge in [-0.3, -0.25) is 19.5 Å². The van der Waals surface area contributed by atoms with Crippen molar-refractivity contribution in [1.82, 2.24) is 9.88 Å². The Morgan fingerprint density at radius 2 is 2.03 bits per heavy atom. The first-order chi connectivity index (χ1) is 16.9. The Morgan fingerprint density at radius 1 is 1.31 bits per heavy atom. The van der Waals surface area contributed by atoms with Crippen LogP contribution in [0.2, 0.25) is 0 Å². The van der Waals surface area contributed by atoms with E-state index in [1.54, 1.807) is 35.5 Å². The van der Waals surface area contributed by atoms with E-state index < -0.39 is 23.6 Å². The summed E-state index contributed by atoms with van der Waals surface area (Å²) in [5.41, 5.74) is 7.93. The van der Waals surface area contributed by atoms with Crippen molar-refractivity contribution in [1.29, 1.82) is 0 Å². The number of nitrogens with one attached hydrogen (secondary N) is 1. The number of pyridine rings is 1. The lowest BCUT2D eigenvalue weighted by atomic mass is 9.87. The van der Waals surface area contributed by atoms with Crippen molar-refractivity contribution in [2.24, 2.45) is 17.6 Å². The zero-order chi connectivity index (χ0) is 26.6. The lowest BCUT2D eigenvalue weighted by molar-refractivity contribution is -0.124. The molecule has 196 valence electrons. The number of amides is 2. The van der Waals surface area contributed by atoms with Gasteiger partial charge in [-0.05, 0) is 62.9 Å². The summed E-state index contributed by atoms with van der Waals surface area (Å²) >= 11 is 0. The summed E-state index contributed by atoms with van der Waals surface area (Å²) in [4.78, 5) is 33.5. The Bertz CT molecular complexity index is 1060. The highest BCUT2D eigenvalue weighted by Gasteiger charge is 2.40. The van der Waals surface area contributed by atoms with Crippen LogP contribution in [0, 0.1) is 24.6 Å². The van der Waals surface area contributed by atoms with Gasteiger partial charge in [-0.25, -0.2) is 4.39 Å². The Hall–Kier alpha value is -2.88. The maximum atomic E-state index is 13.9. The van der Waals surface area contributed by atoms with Crippen molar-refractivity contribution in [2.45, 2.75) is 58.7 Å². The number of rotatable bonds is 9. The second kappa shape index (κ2) is 11.5. The fourth-order valence-corrected chi connectivity index (χ4v) is 4.61. The molecule has 1 fully saturated rings. The normalized spacial score (nSPS) is 18.7. The molecule has 1 aliphatic heterocycles. The van der Waals surface area contributed by atoms with Gasteiger partial charge in [-0.15, -0.1) is 0 Å². The van der Waals surface area contributed by atoms with Gasteiger partial charge in [0.1, 0.15) is 5.82 Å². The van der Waals surface area contributed by atoms with Gasteiger partial charge in [0.2, 0.25) is 11.8 Å². The number of benzene rings is 1. The molecule has 1 aromatic carbocycles. The summed E-state index contributed by atoms with van der Waals surface area (Å²) < 4.78 is 13.9. The second-order valence-corrected chi connectivity index (χ2v) is 10.7. The molecular formula is C27H38FN5O3. The fourth-order valence-electron chi connectivity index (χ4n) is 4.61. The fraction of sp³-hybridized carbons (Fsp3) is 0.519. The van der Waals surface area contributed by atoms with Crippen LogP contribution in [0.3, 0.4) is 0 Å². The number of hydrogen-bond acceptors (Lipinski definition) is 6. The summed E-state index contributed by atoms with van der Waals surface area (Å²) in [7, 11) is 0. The molecule has 2 heterocycles. The number of aliphatic hydroxyl groups is 1. The zero-order valence-corrected chi connectivity index (χ0v) is 21.7. The molecule has 36 heavy (non-hydrogen) atoms. The first-order valence-corrected chi connectivity index (χ1v) is 12.3. The summed E-state index contributed by atoms with van der Waals surface area (Å²) in [6.07, 6.45) is 2.46. The average Bonchev–Trinajstić information content (AvgIpc) is 2.81.